The van der Waals surface area contributed by atoms with Crippen molar-refractivity contribution in [1.82, 2.24) is 4.90 Å². The van der Waals surface area contributed by atoms with E-state index < -0.39 is 0 Å². The van der Waals surface area contributed by atoms with Gasteiger partial charge >= 0.3 is 0 Å². The molecule has 1 fully saturated rings. The molecule has 0 unspecified atom stereocenters. The molecule has 17 heavy (non-hydrogen) atoms. The standard InChI is InChI=1S/C14H17NO2/c1-2-11-8-9-15(13(16)10-11)14(17)12-6-4-3-5-7-12/h3-7,11H,2,8-10H2,1H3/t11-/m1/s1. The van der Waals surface area contributed by atoms with E-state index in [-0.39, 0.29) is 11.8 Å². The maximum Gasteiger partial charge on any atom is 0.260 e. The summed E-state index contributed by atoms with van der Waals surface area (Å²) in [6, 6.07) is 9.00. The summed E-state index contributed by atoms with van der Waals surface area (Å²) in [7, 11) is 0. The van der Waals surface area contributed by atoms with Crippen LogP contribution in [0.5, 0.6) is 0 Å². The largest absolute Gasteiger partial charge is 0.278 e. The van der Waals surface area contributed by atoms with Crippen LogP contribution in [0, 0.1) is 5.92 Å². The second kappa shape index (κ2) is 5.13. The lowest BCUT2D eigenvalue weighted by Gasteiger charge is -2.29. The lowest BCUT2D eigenvalue weighted by Crippen LogP contribution is -2.42. The molecule has 0 saturated carbocycles. The number of hydrogen-bond acceptors (Lipinski definition) is 2. The van der Waals surface area contributed by atoms with Gasteiger partial charge in [0.05, 0.1) is 0 Å². The Balaban J connectivity index is 2.09. The molecule has 1 aromatic rings. The van der Waals surface area contributed by atoms with E-state index in [1.165, 1.54) is 4.90 Å². The Labute approximate surface area is 101 Å². The number of carbonyl (C=O) groups excluding carboxylic acids is 2. The molecular formula is C14H17NO2. The van der Waals surface area contributed by atoms with Gasteiger partial charge < -0.3 is 0 Å². The summed E-state index contributed by atoms with van der Waals surface area (Å²) < 4.78 is 0. The molecular weight excluding hydrogens is 214 g/mol. The van der Waals surface area contributed by atoms with Crippen LogP contribution in [-0.4, -0.2) is 23.3 Å². The summed E-state index contributed by atoms with van der Waals surface area (Å²) in [6.07, 6.45) is 2.45. The number of rotatable bonds is 2. The Hall–Kier alpha value is -1.64. The highest BCUT2D eigenvalue weighted by molar-refractivity contribution is 6.05. The Morgan fingerprint density at radius 1 is 1.35 bits per heavy atom. The van der Waals surface area contributed by atoms with Gasteiger partial charge in [-0.05, 0) is 24.5 Å². The van der Waals surface area contributed by atoms with Crippen LogP contribution in [0.15, 0.2) is 30.3 Å². The van der Waals surface area contributed by atoms with E-state index in [9.17, 15) is 9.59 Å². The van der Waals surface area contributed by atoms with Gasteiger partial charge in [-0.2, -0.15) is 0 Å². The van der Waals surface area contributed by atoms with Gasteiger partial charge in [0.1, 0.15) is 0 Å². The van der Waals surface area contributed by atoms with Gasteiger partial charge in [0.15, 0.2) is 0 Å². The zero-order valence-electron chi connectivity index (χ0n) is 10.1. The van der Waals surface area contributed by atoms with E-state index in [0.29, 0.717) is 24.4 Å². The predicted octanol–water partition coefficient (Wildman–Crippen LogP) is 2.48. The van der Waals surface area contributed by atoms with E-state index in [2.05, 4.69) is 6.92 Å². The first kappa shape index (κ1) is 11.8. The van der Waals surface area contributed by atoms with Crippen LogP contribution in [0.25, 0.3) is 0 Å². The molecule has 1 saturated heterocycles. The Morgan fingerprint density at radius 3 is 2.65 bits per heavy atom. The molecule has 1 aromatic carbocycles. The zero-order valence-corrected chi connectivity index (χ0v) is 10.1. The third-order valence-corrected chi connectivity index (χ3v) is 3.37. The fourth-order valence-corrected chi connectivity index (χ4v) is 2.20. The smallest absolute Gasteiger partial charge is 0.260 e. The van der Waals surface area contributed by atoms with Crippen LogP contribution in [0.2, 0.25) is 0 Å². The average molecular weight is 231 g/mol. The monoisotopic (exact) mass is 231 g/mol. The molecule has 1 atom stereocenters. The summed E-state index contributed by atoms with van der Waals surface area (Å²) in [5.41, 5.74) is 0.593. The van der Waals surface area contributed by atoms with E-state index in [1.807, 2.05) is 18.2 Å². The minimum atomic E-state index is -0.162. The summed E-state index contributed by atoms with van der Waals surface area (Å²) in [5.74, 6) is 0.254. The van der Waals surface area contributed by atoms with Crippen molar-refractivity contribution < 1.29 is 9.59 Å². The van der Waals surface area contributed by atoms with Crippen molar-refractivity contribution in [2.75, 3.05) is 6.54 Å². The summed E-state index contributed by atoms with van der Waals surface area (Å²) in [6.45, 7) is 2.65. The minimum absolute atomic E-state index is 0.0306. The number of imide groups is 1. The number of benzene rings is 1. The van der Waals surface area contributed by atoms with Crippen molar-refractivity contribution in [2.45, 2.75) is 26.2 Å². The molecule has 0 spiro atoms. The highest BCUT2D eigenvalue weighted by Crippen LogP contribution is 2.22. The highest BCUT2D eigenvalue weighted by atomic mass is 16.2. The normalized spacial score (nSPS) is 20.4. The molecule has 90 valence electrons. The van der Waals surface area contributed by atoms with Crippen molar-refractivity contribution in [3.63, 3.8) is 0 Å². The van der Waals surface area contributed by atoms with Crippen molar-refractivity contribution in [1.29, 1.82) is 0 Å². The van der Waals surface area contributed by atoms with Crippen LogP contribution in [0.4, 0.5) is 0 Å². The Bertz CT molecular complexity index is 413. The van der Waals surface area contributed by atoms with Crippen LogP contribution in [0.1, 0.15) is 36.5 Å². The third kappa shape index (κ3) is 2.54. The quantitative estimate of drug-likeness (QED) is 0.733. The molecule has 0 N–H and O–H groups in total. The molecule has 0 bridgehead atoms. The first-order chi connectivity index (χ1) is 8.22. The first-order valence-electron chi connectivity index (χ1n) is 6.12. The van der Waals surface area contributed by atoms with Crippen molar-refractivity contribution >= 4 is 11.8 Å². The molecule has 2 amide bonds. The molecule has 0 aliphatic carbocycles. The fourth-order valence-electron chi connectivity index (χ4n) is 2.20. The van der Waals surface area contributed by atoms with Gasteiger partial charge in [0, 0.05) is 18.5 Å². The summed E-state index contributed by atoms with van der Waals surface area (Å²) in [4.78, 5) is 25.4. The van der Waals surface area contributed by atoms with Gasteiger partial charge in [-0.15, -0.1) is 0 Å². The minimum Gasteiger partial charge on any atom is -0.278 e. The predicted molar refractivity (Wildman–Crippen MR) is 65.5 cm³/mol. The number of carbonyl (C=O) groups is 2. The van der Waals surface area contributed by atoms with E-state index in [0.717, 1.165) is 12.8 Å². The lowest BCUT2D eigenvalue weighted by atomic mass is 9.93. The number of piperidine rings is 1. The first-order valence-corrected chi connectivity index (χ1v) is 6.12. The SMILES string of the molecule is CC[C@@H]1CCN(C(=O)c2ccccc2)C(=O)C1. The average Bonchev–Trinajstić information content (AvgIpc) is 2.39. The maximum absolute atomic E-state index is 12.1. The zero-order chi connectivity index (χ0) is 12.3. The molecule has 0 aromatic heterocycles. The van der Waals surface area contributed by atoms with Crippen LogP contribution in [0.3, 0.4) is 0 Å². The molecule has 3 nitrogen and oxygen atoms in total. The van der Waals surface area contributed by atoms with Gasteiger partial charge in [-0.3, -0.25) is 14.5 Å². The molecule has 1 heterocycles. The highest BCUT2D eigenvalue weighted by Gasteiger charge is 2.29. The van der Waals surface area contributed by atoms with Gasteiger partial charge in [0.25, 0.3) is 5.91 Å². The van der Waals surface area contributed by atoms with Crippen LogP contribution in [-0.2, 0) is 4.79 Å². The van der Waals surface area contributed by atoms with E-state index >= 15 is 0 Å². The third-order valence-electron chi connectivity index (χ3n) is 3.37. The van der Waals surface area contributed by atoms with Gasteiger partial charge in [0.2, 0.25) is 5.91 Å². The lowest BCUT2D eigenvalue weighted by molar-refractivity contribution is -0.132. The Kier molecular flexibility index (Phi) is 3.57. The van der Waals surface area contributed by atoms with E-state index in [4.69, 9.17) is 0 Å². The maximum atomic E-state index is 12.1. The van der Waals surface area contributed by atoms with Gasteiger partial charge in [-0.1, -0.05) is 31.5 Å². The fraction of sp³-hybridized carbons (Fsp3) is 0.429. The topological polar surface area (TPSA) is 37.4 Å². The number of amides is 2. The van der Waals surface area contributed by atoms with Crippen molar-refractivity contribution in [3.05, 3.63) is 35.9 Å². The second-order valence-electron chi connectivity index (χ2n) is 4.48. The summed E-state index contributed by atoms with van der Waals surface area (Å²) in [5, 5.41) is 0. The van der Waals surface area contributed by atoms with E-state index in [1.54, 1.807) is 12.1 Å². The van der Waals surface area contributed by atoms with Crippen molar-refractivity contribution in [2.24, 2.45) is 5.92 Å². The van der Waals surface area contributed by atoms with Gasteiger partial charge in [-0.25, -0.2) is 0 Å². The molecule has 0 radical (unpaired) electrons. The second-order valence-corrected chi connectivity index (χ2v) is 4.48. The molecule has 3 heteroatoms. The van der Waals surface area contributed by atoms with Crippen molar-refractivity contribution in [3.8, 4) is 0 Å². The number of nitrogens with zero attached hydrogens (tertiary/aromatic N) is 1. The van der Waals surface area contributed by atoms with Crippen LogP contribution >= 0.6 is 0 Å². The molecule has 1 aliphatic heterocycles. The molecule has 2 rings (SSSR count). The number of likely N-dealkylation sites (tertiary alicyclic amines) is 1. The summed E-state index contributed by atoms with van der Waals surface area (Å²) >= 11 is 0. The number of hydrogen-bond donors (Lipinski definition) is 0. The Morgan fingerprint density at radius 2 is 2.06 bits per heavy atom. The van der Waals surface area contributed by atoms with Crippen LogP contribution < -0.4 is 0 Å². The molecule has 1 aliphatic rings.